The fourth-order valence-corrected chi connectivity index (χ4v) is 1.99. The normalized spacial score (nSPS) is 10.0. The Hall–Kier alpha value is -0.630. The average molecular weight is 178 g/mol. The lowest BCUT2D eigenvalue weighted by Gasteiger charge is -2.08. The smallest absolute Gasteiger partial charge is 0.307 e. The zero-order chi connectivity index (χ0) is 8.85. The fraction of sp³-hybridized carbons (Fsp3) is 0.667. The van der Waals surface area contributed by atoms with Crippen molar-refractivity contribution in [3.8, 4) is 0 Å². The van der Waals surface area contributed by atoms with Crippen molar-refractivity contribution in [1.82, 2.24) is 0 Å². The number of aliphatic carboxylic acids is 2. The average Bonchev–Trinajstić information content (AvgIpc) is 1.84. The molecule has 0 rings (SSSR count). The molecule has 0 aliphatic heterocycles. The topological polar surface area (TPSA) is 74.6 Å². The second-order valence-corrected chi connectivity index (χ2v) is 4.70. The third-order valence-electron chi connectivity index (χ3n) is 1.16. The first-order valence-electron chi connectivity index (χ1n) is 3.22. The highest BCUT2D eigenvalue weighted by Crippen LogP contribution is 2.33. The summed E-state index contributed by atoms with van der Waals surface area (Å²) in [7, 11) is -0.836. The molecule has 0 spiro atoms. The Morgan fingerprint density at radius 2 is 1.55 bits per heavy atom. The second kappa shape index (κ2) is 5.08. The molecular weight excluding hydrogens is 167 g/mol. The summed E-state index contributed by atoms with van der Waals surface area (Å²) in [6.07, 6.45) is 0.685. The Balaban J connectivity index is 3.76. The van der Waals surface area contributed by atoms with Crippen LogP contribution in [0.3, 0.4) is 0 Å². The van der Waals surface area contributed by atoms with E-state index in [-0.39, 0.29) is 12.3 Å². The molecule has 0 heterocycles. The van der Waals surface area contributed by atoms with Crippen LogP contribution >= 0.6 is 7.92 Å². The van der Waals surface area contributed by atoms with Crippen LogP contribution in [0.4, 0.5) is 0 Å². The van der Waals surface area contributed by atoms with Crippen LogP contribution in [0.25, 0.3) is 0 Å². The van der Waals surface area contributed by atoms with Crippen LogP contribution in [0.2, 0.25) is 0 Å². The number of carbonyl (C=O) groups is 2. The van der Waals surface area contributed by atoms with Gasteiger partial charge < -0.3 is 10.2 Å². The highest BCUT2D eigenvalue weighted by atomic mass is 31.1. The van der Waals surface area contributed by atoms with Gasteiger partial charge in [0, 0.05) is 0 Å². The molecule has 64 valence electrons. The van der Waals surface area contributed by atoms with Crippen molar-refractivity contribution >= 4 is 19.9 Å². The first-order chi connectivity index (χ1) is 5.06. The predicted molar refractivity (Wildman–Crippen MR) is 42.5 cm³/mol. The van der Waals surface area contributed by atoms with Crippen molar-refractivity contribution < 1.29 is 19.8 Å². The van der Waals surface area contributed by atoms with Gasteiger partial charge in [-0.2, -0.15) is 0 Å². The molecule has 0 saturated heterocycles. The van der Waals surface area contributed by atoms with E-state index < -0.39 is 19.9 Å². The molecule has 0 aromatic rings. The van der Waals surface area contributed by atoms with Gasteiger partial charge in [-0.1, -0.05) is 14.8 Å². The van der Waals surface area contributed by atoms with E-state index in [9.17, 15) is 9.59 Å². The quantitative estimate of drug-likeness (QED) is 0.606. The Labute approximate surface area is 66.0 Å². The predicted octanol–water partition coefficient (Wildman–Crippen LogP) is 0.657. The van der Waals surface area contributed by atoms with Gasteiger partial charge in [-0.15, -0.1) is 0 Å². The minimum Gasteiger partial charge on any atom is -0.481 e. The van der Waals surface area contributed by atoms with Gasteiger partial charge >= 0.3 is 11.9 Å². The molecule has 0 aliphatic rings. The summed E-state index contributed by atoms with van der Waals surface area (Å²) in [6, 6.07) is 0. The maximum Gasteiger partial charge on any atom is 0.307 e. The maximum atomic E-state index is 10.2. The molecule has 5 heteroatoms. The van der Waals surface area contributed by atoms with Gasteiger partial charge in [-0.3, -0.25) is 9.59 Å². The van der Waals surface area contributed by atoms with Gasteiger partial charge in [-0.25, -0.2) is 0 Å². The fourth-order valence-electron chi connectivity index (χ4n) is 0.662. The summed E-state index contributed by atoms with van der Waals surface area (Å²) < 4.78 is 0. The molecule has 4 nitrogen and oxygen atoms in total. The van der Waals surface area contributed by atoms with Crippen molar-refractivity contribution in [3.05, 3.63) is 0 Å². The molecule has 0 aromatic carbocycles. The lowest BCUT2D eigenvalue weighted by atomic mass is 10.8. The minimum atomic E-state index is -0.904. The summed E-state index contributed by atoms with van der Waals surface area (Å²) >= 11 is 0. The van der Waals surface area contributed by atoms with E-state index >= 15 is 0 Å². The van der Waals surface area contributed by atoms with Gasteiger partial charge in [0.1, 0.15) is 0 Å². The molecule has 0 atom stereocenters. The first kappa shape index (κ1) is 10.4. The van der Waals surface area contributed by atoms with Crippen LogP contribution in [0.15, 0.2) is 0 Å². The summed E-state index contributed by atoms with van der Waals surface area (Å²) in [5.41, 5.74) is 0. The summed E-state index contributed by atoms with van der Waals surface area (Å²) in [4.78, 5) is 20.3. The van der Waals surface area contributed by atoms with Crippen LogP contribution in [-0.2, 0) is 9.59 Å². The largest absolute Gasteiger partial charge is 0.481 e. The molecule has 2 N–H and O–H groups in total. The molecule has 0 saturated carbocycles. The second-order valence-electron chi connectivity index (χ2n) is 2.09. The zero-order valence-corrected chi connectivity index (χ0v) is 7.17. The molecule has 0 unspecified atom stereocenters. The molecule has 0 radical (unpaired) electrons. The van der Waals surface area contributed by atoms with Crippen LogP contribution in [0.5, 0.6) is 0 Å². The van der Waals surface area contributed by atoms with Gasteiger partial charge in [0.05, 0.1) is 12.3 Å². The molecule has 0 aliphatic carbocycles. The van der Waals surface area contributed by atoms with Crippen LogP contribution < -0.4 is 0 Å². The highest BCUT2D eigenvalue weighted by molar-refractivity contribution is 7.59. The molecule has 0 fully saturated rings. The van der Waals surface area contributed by atoms with Gasteiger partial charge in [0.15, 0.2) is 0 Å². The first-order valence-corrected chi connectivity index (χ1v) is 5.12. The maximum absolute atomic E-state index is 10.2. The monoisotopic (exact) mass is 178 g/mol. The molecule has 11 heavy (non-hydrogen) atoms. The van der Waals surface area contributed by atoms with Crippen molar-refractivity contribution in [1.29, 1.82) is 0 Å². The van der Waals surface area contributed by atoms with E-state index in [4.69, 9.17) is 10.2 Å². The van der Waals surface area contributed by atoms with Gasteiger partial charge in [0.2, 0.25) is 0 Å². The third-order valence-corrected chi connectivity index (χ3v) is 3.49. The Kier molecular flexibility index (Phi) is 4.79. The van der Waals surface area contributed by atoms with Crippen LogP contribution in [0, 0.1) is 0 Å². The minimum absolute atomic E-state index is 0.0120. The molecule has 0 bridgehead atoms. The van der Waals surface area contributed by atoms with E-state index in [1.165, 1.54) is 0 Å². The van der Waals surface area contributed by atoms with Crippen molar-refractivity contribution in [2.45, 2.75) is 6.92 Å². The highest BCUT2D eigenvalue weighted by Gasteiger charge is 2.13. The van der Waals surface area contributed by atoms with Crippen LogP contribution in [0.1, 0.15) is 6.92 Å². The number of carboxylic acids is 2. The van der Waals surface area contributed by atoms with E-state index in [2.05, 4.69) is 0 Å². The number of hydrogen-bond acceptors (Lipinski definition) is 2. The number of rotatable bonds is 5. The van der Waals surface area contributed by atoms with Crippen molar-refractivity contribution in [3.63, 3.8) is 0 Å². The van der Waals surface area contributed by atoms with Crippen molar-refractivity contribution in [2.75, 3.05) is 18.5 Å². The Morgan fingerprint density at radius 3 is 1.73 bits per heavy atom. The summed E-state index contributed by atoms with van der Waals surface area (Å²) in [5, 5.41) is 16.7. The standard InChI is InChI=1S/C6H11O4P/c1-2-11(3-5(7)8)4-6(9)10/h2-4H2,1H3,(H,7,8)(H,9,10). The summed E-state index contributed by atoms with van der Waals surface area (Å²) in [6.45, 7) is 1.82. The SMILES string of the molecule is CCP(CC(=O)O)CC(=O)O. The van der Waals surface area contributed by atoms with E-state index in [1.54, 1.807) is 0 Å². The van der Waals surface area contributed by atoms with Crippen LogP contribution in [-0.4, -0.2) is 40.6 Å². The third kappa shape index (κ3) is 5.80. The van der Waals surface area contributed by atoms with E-state index in [0.717, 1.165) is 0 Å². The lowest BCUT2D eigenvalue weighted by molar-refractivity contribution is -0.134. The Bertz CT molecular complexity index is 141. The summed E-state index contributed by atoms with van der Waals surface area (Å²) in [5.74, 6) is -1.81. The number of hydrogen-bond donors (Lipinski definition) is 2. The van der Waals surface area contributed by atoms with Gasteiger partial charge in [0.25, 0.3) is 0 Å². The molecular formula is C6H11O4P. The molecule has 0 amide bonds. The van der Waals surface area contributed by atoms with Gasteiger partial charge in [-0.05, 0) is 6.16 Å². The van der Waals surface area contributed by atoms with Crippen molar-refractivity contribution in [2.24, 2.45) is 0 Å². The number of carboxylic acid groups (broad SMARTS) is 2. The van der Waals surface area contributed by atoms with E-state index in [1.807, 2.05) is 6.92 Å². The van der Waals surface area contributed by atoms with E-state index in [0.29, 0.717) is 6.16 Å². The Morgan fingerprint density at radius 1 is 1.18 bits per heavy atom. The lowest BCUT2D eigenvalue weighted by Crippen LogP contribution is -2.09. The zero-order valence-electron chi connectivity index (χ0n) is 6.28. The molecule has 0 aromatic heterocycles.